The van der Waals surface area contributed by atoms with Crippen LogP contribution in [0.15, 0.2) is 9.85 Å². The molecule has 1 aromatic rings. The van der Waals surface area contributed by atoms with E-state index in [9.17, 15) is 14.9 Å². The molecule has 0 aliphatic rings. The van der Waals surface area contributed by atoms with Gasteiger partial charge in [-0.1, -0.05) is 11.3 Å². The predicted molar refractivity (Wildman–Crippen MR) is 45.6 cm³/mol. The molecule has 0 aliphatic carbocycles. The SMILES string of the molecule is O=C(O)c1cc([N+](=O)[O-])sc1Br. The van der Waals surface area contributed by atoms with Gasteiger partial charge in [-0.3, -0.25) is 10.1 Å². The van der Waals surface area contributed by atoms with Gasteiger partial charge in [0.25, 0.3) is 0 Å². The molecule has 1 heterocycles. The molecule has 12 heavy (non-hydrogen) atoms. The number of halogens is 1. The summed E-state index contributed by atoms with van der Waals surface area (Å²) in [6.45, 7) is 0. The van der Waals surface area contributed by atoms with Crippen molar-refractivity contribution in [3.05, 3.63) is 25.5 Å². The standard InChI is InChI=1S/C5H2BrNO4S/c6-4-2(5(8)9)1-3(12-4)7(10)11/h1H,(H,8,9). The number of nitro groups is 1. The number of nitrogens with zero attached hydrogens (tertiary/aromatic N) is 1. The predicted octanol–water partition coefficient (Wildman–Crippen LogP) is 2.12. The van der Waals surface area contributed by atoms with Gasteiger partial charge >= 0.3 is 11.0 Å². The summed E-state index contributed by atoms with van der Waals surface area (Å²) in [7, 11) is 0. The molecule has 0 bridgehead atoms. The lowest BCUT2D eigenvalue weighted by Crippen LogP contribution is -1.93. The van der Waals surface area contributed by atoms with Crippen LogP contribution < -0.4 is 0 Å². The van der Waals surface area contributed by atoms with Crippen LogP contribution in [0.1, 0.15) is 10.4 Å². The molecule has 1 aromatic heterocycles. The van der Waals surface area contributed by atoms with Crippen LogP contribution in [-0.2, 0) is 0 Å². The Bertz CT molecular complexity index is 347. The minimum atomic E-state index is -1.17. The first-order chi connectivity index (χ1) is 5.52. The first kappa shape index (κ1) is 9.14. The number of carboxylic acid groups (broad SMARTS) is 1. The van der Waals surface area contributed by atoms with Gasteiger partial charge in [0.1, 0.15) is 0 Å². The highest BCUT2D eigenvalue weighted by Crippen LogP contribution is 2.33. The zero-order valence-corrected chi connectivity index (χ0v) is 7.89. The topological polar surface area (TPSA) is 80.4 Å². The number of carbonyl (C=O) groups is 1. The molecule has 0 aliphatic heterocycles. The lowest BCUT2D eigenvalue weighted by atomic mass is 10.3. The third-order valence-corrected chi connectivity index (χ3v) is 2.87. The molecule has 5 nitrogen and oxygen atoms in total. The normalized spacial score (nSPS) is 9.75. The zero-order valence-electron chi connectivity index (χ0n) is 5.48. The monoisotopic (exact) mass is 251 g/mol. The summed E-state index contributed by atoms with van der Waals surface area (Å²) in [4.78, 5) is 20.0. The summed E-state index contributed by atoms with van der Waals surface area (Å²) in [5.41, 5.74) is -0.0771. The van der Waals surface area contributed by atoms with Crippen molar-refractivity contribution in [3.63, 3.8) is 0 Å². The number of aromatic carboxylic acids is 1. The first-order valence-electron chi connectivity index (χ1n) is 2.69. The lowest BCUT2D eigenvalue weighted by Gasteiger charge is -1.83. The molecule has 0 aromatic carbocycles. The second-order valence-electron chi connectivity index (χ2n) is 1.83. The van der Waals surface area contributed by atoms with E-state index in [1.165, 1.54) is 0 Å². The molecular formula is C5H2BrNO4S. The maximum absolute atomic E-state index is 10.4. The summed E-state index contributed by atoms with van der Waals surface area (Å²) < 4.78 is 0.265. The van der Waals surface area contributed by atoms with E-state index in [1.54, 1.807) is 0 Å². The molecule has 0 saturated heterocycles. The third-order valence-electron chi connectivity index (χ3n) is 1.08. The van der Waals surface area contributed by atoms with E-state index in [1.807, 2.05) is 0 Å². The second kappa shape index (κ2) is 3.20. The van der Waals surface area contributed by atoms with E-state index >= 15 is 0 Å². The van der Waals surface area contributed by atoms with Gasteiger partial charge in [0, 0.05) is 6.07 Å². The second-order valence-corrected chi connectivity index (χ2v) is 4.18. The van der Waals surface area contributed by atoms with Gasteiger partial charge in [0.15, 0.2) is 0 Å². The van der Waals surface area contributed by atoms with Crippen molar-refractivity contribution in [1.82, 2.24) is 0 Å². The summed E-state index contributed by atoms with van der Waals surface area (Å²) >= 11 is 3.71. The molecule has 1 N–H and O–H groups in total. The number of hydrogen-bond acceptors (Lipinski definition) is 4. The van der Waals surface area contributed by atoms with Crippen molar-refractivity contribution in [2.24, 2.45) is 0 Å². The molecule has 0 saturated carbocycles. The Morgan fingerprint density at radius 1 is 1.75 bits per heavy atom. The van der Waals surface area contributed by atoms with Crippen molar-refractivity contribution >= 4 is 38.2 Å². The zero-order chi connectivity index (χ0) is 9.30. The maximum Gasteiger partial charge on any atom is 0.337 e. The number of thiophene rings is 1. The average molecular weight is 252 g/mol. The molecule has 0 radical (unpaired) electrons. The van der Waals surface area contributed by atoms with Gasteiger partial charge in [0.05, 0.1) is 14.3 Å². The summed E-state index contributed by atoms with van der Waals surface area (Å²) in [6, 6.07) is 1.02. The maximum atomic E-state index is 10.4. The highest BCUT2D eigenvalue weighted by atomic mass is 79.9. The number of carboxylic acids is 1. The fraction of sp³-hybridized carbons (Fsp3) is 0. The largest absolute Gasteiger partial charge is 0.478 e. The smallest absolute Gasteiger partial charge is 0.337 e. The van der Waals surface area contributed by atoms with Crippen molar-refractivity contribution in [2.75, 3.05) is 0 Å². The summed E-state index contributed by atoms with van der Waals surface area (Å²) in [5, 5.41) is 18.5. The Hall–Kier alpha value is -0.950. The van der Waals surface area contributed by atoms with Crippen molar-refractivity contribution in [2.45, 2.75) is 0 Å². The highest BCUT2D eigenvalue weighted by molar-refractivity contribution is 9.11. The summed E-state index contributed by atoms with van der Waals surface area (Å²) in [6.07, 6.45) is 0. The molecule has 0 atom stereocenters. The van der Waals surface area contributed by atoms with Crippen LogP contribution in [0.5, 0.6) is 0 Å². The number of rotatable bonds is 2. The summed E-state index contributed by atoms with van der Waals surface area (Å²) in [5.74, 6) is -1.17. The van der Waals surface area contributed by atoms with Gasteiger partial charge in [-0.25, -0.2) is 4.79 Å². The van der Waals surface area contributed by atoms with Gasteiger partial charge in [-0.15, -0.1) is 0 Å². The molecule has 1 rings (SSSR count). The van der Waals surface area contributed by atoms with Gasteiger partial charge < -0.3 is 5.11 Å². The van der Waals surface area contributed by atoms with E-state index in [4.69, 9.17) is 5.11 Å². The van der Waals surface area contributed by atoms with E-state index in [0.29, 0.717) is 0 Å². The lowest BCUT2D eigenvalue weighted by molar-refractivity contribution is -0.380. The Morgan fingerprint density at radius 3 is 2.58 bits per heavy atom. The quantitative estimate of drug-likeness (QED) is 0.645. The first-order valence-corrected chi connectivity index (χ1v) is 4.30. The Labute approximate surface area is 78.9 Å². The van der Waals surface area contributed by atoms with Crippen LogP contribution in [0, 0.1) is 10.1 Å². The van der Waals surface area contributed by atoms with E-state index < -0.39 is 10.9 Å². The van der Waals surface area contributed by atoms with Crippen LogP contribution in [0.3, 0.4) is 0 Å². The van der Waals surface area contributed by atoms with Crippen LogP contribution in [0.4, 0.5) is 5.00 Å². The van der Waals surface area contributed by atoms with E-state index in [2.05, 4.69) is 15.9 Å². The van der Waals surface area contributed by atoms with E-state index in [0.717, 1.165) is 17.4 Å². The molecular weight excluding hydrogens is 250 g/mol. The van der Waals surface area contributed by atoms with Crippen molar-refractivity contribution in [3.8, 4) is 0 Å². The van der Waals surface area contributed by atoms with Crippen LogP contribution >= 0.6 is 27.3 Å². The molecule has 0 fully saturated rings. The molecule has 64 valence electrons. The minimum Gasteiger partial charge on any atom is -0.478 e. The fourth-order valence-electron chi connectivity index (χ4n) is 0.592. The third kappa shape index (κ3) is 1.62. The van der Waals surface area contributed by atoms with Gasteiger partial charge in [-0.2, -0.15) is 0 Å². The molecule has 0 spiro atoms. The Morgan fingerprint density at radius 2 is 2.33 bits per heavy atom. The van der Waals surface area contributed by atoms with Gasteiger partial charge in [-0.05, 0) is 15.9 Å². The van der Waals surface area contributed by atoms with Crippen molar-refractivity contribution < 1.29 is 14.8 Å². The molecule has 0 amide bonds. The Kier molecular flexibility index (Phi) is 2.43. The van der Waals surface area contributed by atoms with Crippen LogP contribution in [0.2, 0.25) is 0 Å². The minimum absolute atomic E-state index is 0.0771. The Balaban J connectivity index is 3.17. The average Bonchev–Trinajstić information content (AvgIpc) is 2.30. The van der Waals surface area contributed by atoms with Crippen LogP contribution in [-0.4, -0.2) is 16.0 Å². The fourth-order valence-corrected chi connectivity index (χ4v) is 2.06. The molecule has 0 unspecified atom stereocenters. The van der Waals surface area contributed by atoms with Crippen molar-refractivity contribution in [1.29, 1.82) is 0 Å². The molecule has 7 heteroatoms. The van der Waals surface area contributed by atoms with E-state index in [-0.39, 0.29) is 14.4 Å². The van der Waals surface area contributed by atoms with Gasteiger partial charge in [0.2, 0.25) is 0 Å². The number of hydrogen-bond donors (Lipinski definition) is 1. The van der Waals surface area contributed by atoms with Crippen LogP contribution in [0.25, 0.3) is 0 Å². The highest BCUT2D eigenvalue weighted by Gasteiger charge is 2.19.